The molecule has 0 saturated carbocycles. The predicted octanol–water partition coefficient (Wildman–Crippen LogP) is 15.0. The molecule has 0 spiro atoms. The number of hydrogen-bond acceptors (Lipinski definition) is 1. The van der Waals surface area contributed by atoms with Crippen molar-refractivity contribution < 1.29 is 0 Å². The van der Waals surface area contributed by atoms with E-state index in [1.165, 1.54) is 76.7 Å². The molecule has 10 aromatic rings. The average molecular weight is 727 g/mol. The molecule has 268 valence electrons. The normalized spacial score (nSPS) is 12.4. The van der Waals surface area contributed by atoms with Crippen LogP contribution in [0.25, 0.3) is 77.4 Å². The first kappa shape index (κ1) is 33.0. The summed E-state index contributed by atoms with van der Waals surface area (Å²) in [4.78, 5) is 2.37. The van der Waals surface area contributed by atoms with Crippen molar-refractivity contribution in [2.24, 2.45) is 0 Å². The van der Waals surface area contributed by atoms with Crippen LogP contribution in [0.4, 0.5) is 17.1 Å². The lowest BCUT2D eigenvalue weighted by Crippen LogP contribution is -2.09. The van der Waals surface area contributed by atoms with Gasteiger partial charge in [0.25, 0.3) is 0 Å². The Kier molecular flexibility index (Phi) is 7.93. The van der Waals surface area contributed by atoms with Crippen LogP contribution in [0.3, 0.4) is 0 Å². The zero-order chi connectivity index (χ0) is 37.7. The average Bonchev–Trinajstić information content (AvgIpc) is 3.40. The summed E-state index contributed by atoms with van der Waals surface area (Å²) in [6.45, 7) is 0. The topological polar surface area (TPSA) is 8.17 Å². The van der Waals surface area contributed by atoms with Gasteiger partial charge in [-0.2, -0.15) is 0 Å². The molecule has 1 aliphatic carbocycles. The highest BCUT2D eigenvalue weighted by atomic mass is 15.1. The van der Waals surface area contributed by atoms with E-state index in [0.717, 1.165) is 29.2 Å². The zero-order valence-corrected chi connectivity index (χ0v) is 31.4. The van der Waals surface area contributed by atoms with E-state index in [0.29, 0.717) is 0 Å². The summed E-state index contributed by atoms with van der Waals surface area (Å²) < 4.78 is 2.42. The molecule has 1 heterocycles. The van der Waals surface area contributed by atoms with Gasteiger partial charge in [0.2, 0.25) is 0 Å². The molecule has 0 N–H and O–H groups in total. The van der Waals surface area contributed by atoms with Gasteiger partial charge in [-0.05, 0) is 134 Å². The van der Waals surface area contributed by atoms with Crippen LogP contribution >= 0.6 is 0 Å². The first-order valence-electron chi connectivity index (χ1n) is 19.7. The Morgan fingerprint density at radius 3 is 1.93 bits per heavy atom. The molecule has 0 radical (unpaired) electrons. The zero-order valence-electron chi connectivity index (χ0n) is 31.4. The monoisotopic (exact) mass is 726 g/mol. The number of benzene rings is 9. The molecule has 0 saturated heterocycles. The third-order valence-electron chi connectivity index (χ3n) is 11.6. The van der Waals surface area contributed by atoms with Crippen molar-refractivity contribution in [3.05, 3.63) is 223 Å². The lowest BCUT2D eigenvalue weighted by molar-refractivity contribution is 1.18. The van der Waals surface area contributed by atoms with Crippen molar-refractivity contribution >= 4 is 66.5 Å². The molecule has 9 aromatic carbocycles. The summed E-state index contributed by atoms with van der Waals surface area (Å²) in [5, 5.41) is 7.57. The minimum absolute atomic E-state index is 0.924. The molecule has 2 heteroatoms. The van der Waals surface area contributed by atoms with Gasteiger partial charge in [0, 0.05) is 33.5 Å². The van der Waals surface area contributed by atoms with E-state index >= 15 is 0 Å². The number of hydrogen-bond donors (Lipinski definition) is 0. The maximum absolute atomic E-state index is 2.42. The Morgan fingerprint density at radius 1 is 0.421 bits per heavy atom. The van der Waals surface area contributed by atoms with Crippen LogP contribution in [-0.4, -0.2) is 4.57 Å². The fourth-order valence-electron chi connectivity index (χ4n) is 8.96. The fourth-order valence-corrected chi connectivity index (χ4v) is 8.96. The highest BCUT2D eigenvalue weighted by molar-refractivity contribution is 6.18. The van der Waals surface area contributed by atoms with Gasteiger partial charge >= 0.3 is 0 Å². The highest BCUT2D eigenvalue weighted by Crippen LogP contribution is 2.43. The molecule has 0 amide bonds. The molecular formula is C55H38N2. The lowest BCUT2D eigenvalue weighted by Gasteiger charge is -2.26. The lowest BCUT2D eigenvalue weighted by atomic mass is 9.90. The first-order valence-corrected chi connectivity index (χ1v) is 19.7. The van der Waals surface area contributed by atoms with Crippen molar-refractivity contribution in [3.63, 3.8) is 0 Å². The van der Waals surface area contributed by atoms with Crippen LogP contribution in [0.2, 0.25) is 0 Å². The molecule has 1 aromatic heterocycles. The summed E-state index contributed by atoms with van der Waals surface area (Å²) in [6.07, 6.45) is 9.74. The van der Waals surface area contributed by atoms with E-state index < -0.39 is 0 Å². The Hall–Kier alpha value is -7.42. The Morgan fingerprint density at radius 2 is 1.11 bits per heavy atom. The molecule has 57 heavy (non-hydrogen) atoms. The summed E-state index contributed by atoms with van der Waals surface area (Å²) in [5.41, 5.74) is 14.4. The van der Waals surface area contributed by atoms with Crippen LogP contribution in [0.15, 0.2) is 212 Å². The van der Waals surface area contributed by atoms with Crippen LogP contribution in [0.5, 0.6) is 0 Å². The second-order valence-electron chi connectivity index (χ2n) is 14.9. The van der Waals surface area contributed by atoms with Gasteiger partial charge in [-0.1, -0.05) is 146 Å². The van der Waals surface area contributed by atoms with Crippen molar-refractivity contribution in [2.75, 3.05) is 4.90 Å². The largest absolute Gasteiger partial charge is 0.310 e. The van der Waals surface area contributed by atoms with Crippen molar-refractivity contribution in [3.8, 4) is 27.9 Å². The van der Waals surface area contributed by atoms with Crippen molar-refractivity contribution in [1.82, 2.24) is 4.57 Å². The molecule has 0 aliphatic heterocycles. The highest BCUT2D eigenvalue weighted by Gasteiger charge is 2.20. The Balaban J connectivity index is 1.06. The third kappa shape index (κ3) is 5.65. The van der Waals surface area contributed by atoms with E-state index in [1.807, 2.05) is 0 Å². The Bertz CT molecular complexity index is 3190. The number of allylic oxidation sites excluding steroid dienone is 3. The van der Waals surface area contributed by atoms with Crippen LogP contribution in [0.1, 0.15) is 11.1 Å². The molecule has 0 unspecified atom stereocenters. The second kappa shape index (κ2) is 13.7. The maximum Gasteiger partial charge on any atom is 0.0547 e. The third-order valence-corrected chi connectivity index (χ3v) is 11.6. The van der Waals surface area contributed by atoms with Gasteiger partial charge < -0.3 is 9.47 Å². The molecule has 1 aliphatic rings. The smallest absolute Gasteiger partial charge is 0.0547 e. The predicted molar refractivity (Wildman–Crippen MR) is 243 cm³/mol. The maximum atomic E-state index is 2.42. The van der Waals surface area contributed by atoms with E-state index in [9.17, 15) is 0 Å². The number of aromatic nitrogens is 1. The summed E-state index contributed by atoms with van der Waals surface area (Å²) >= 11 is 0. The summed E-state index contributed by atoms with van der Waals surface area (Å²) in [6, 6.07) is 71.0. The molecular weight excluding hydrogens is 689 g/mol. The molecule has 2 nitrogen and oxygen atoms in total. The Labute approximate surface area is 332 Å². The quantitative estimate of drug-likeness (QED) is 0.166. The van der Waals surface area contributed by atoms with Crippen LogP contribution in [0, 0.1) is 0 Å². The first-order chi connectivity index (χ1) is 28.3. The molecule has 0 atom stereocenters. The van der Waals surface area contributed by atoms with Gasteiger partial charge in [0.15, 0.2) is 0 Å². The fraction of sp³-hybridized carbons (Fsp3) is 0.0182. The van der Waals surface area contributed by atoms with E-state index in [2.05, 4.69) is 228 Å². The van der Waals surface area contributed by atoms with Gasteiger partial charge in [0.1, 0.15) is 0 Å². The second-order valence-corrected chi connectivity index (χ2v) is 14.9. The van der Waals surface area contributed by atoms with Crippen molar-refractivity contribution in [2.45, 2.75) is 6.42 Å². The van der Waals surface area contributed by atoms with Crippen molar-refractivity contribution in [1.29, 1.82) is 0 Å². The van der Waals surface area contributed by atoms with Gasteiger partial charge in [-0.25, -0.2) is 0 Å². The number of nitrogens with zero attached hydrogens (tertiary/aromatic N) is 2. The van der Waals surface area contributed by atoms with Gasteiger partial charge in [0.05, 0.1) is 11.0 Å². The summed E-state index contributed by atoms with van der Waals surface area (Å²) in [5.74, 6) is 0. The molecule has 0 fully saturated rings. The molecule has 0 bridgehead atoms. The SMILES string of the molecule is C1=CCc2cc(-c3ccc(N(c4ccccc4)c4cccc(-c5cccc6c5c5cc7ccccc7cc5n6-c5ccccc5)c4)cc3)c3ccccc3c2C=C1. The number of para-hydroxylation sites is 2. The van der Waals surface area contributed by atoms with Gasteiger partial charge in [-0.3, -0.25) is 0 Å². The number of rotatable bonds is 6. The minimum atomic E-state index is 0.924. The standard InChI is InChI=1S/C55H38N2/c1-4-18-42-36-51(50-27-13-12-26-49(50)47(42)25-9-1)38-30-32-45(33-31-38)56(43-20-5-2-6-21-43)46-24-14-19-41(34-46)48-28-15-29-53-55(48)52-35-39-16-10-11-17-40(39)37-54(52)57(53)44-22-7-3-8-23-44/h1-17,19-37H,18H2. The number of fused-ring (bicyclic) bond motifs is 7. The molecule has 11 rings (SSSR count). The van der Waals surface area contributed by atoms with Crippen LogP contribution < -0.4 is 4.90 Å². The summed E-state index contributed by atoms with van der Waals surface area (Å²) in [7, 11) is 0. The number of anilines is 3. The van der Waals surface area contributed by atoms with E-state index in [4.69, 9.17) is 0 Å². The van der Waals surface area contributed by atoms with E-state index in [1.54, 1.807) is 0 Å². The van der Waals surface area contributed by atoms with Crippen LogP contribution in [-0.2, 0) is 6.42 Å². The minimum Gasteiger partial charge on any atom is -0.310 e. The van der Waals surface area contributed by atoms with E-state index in [-0.39, 0.29) is 0 Å². The van der Waals surface area contributed by atoms with Gasteiger partial charge in [-0.15, -0.1) is 0 Å².